The lowest BCUT2D eigenvalue weighted by molar-refractivity contribution is -0.121. The van der Waals surface area contributed by atoms with Gasteiger partial charge in [-0.05, 0) is 33.2 Å². The lowest BCUT2D eigenvalue weighted by Crippen LogP contribution is -2.49. The van der Waals surface area contributed by atoms with Crippen LogP contribution < -0.4 is 10.6 Å². The van der Waals surface area contributed by atoms with E-state index in [-0.39, 0.29) is 31.1 Å². The van der Waals surface area contributed by atoms with E-state index in [1.165, 1.54) is 0 Å². The molecule has 0 saturated carbocycles. The third-order valence-electron chi connectivity index (χ3n) is 3.23. The van der Waals surface area contributed by atoms with Crippen molar-refractivity contribution in [2.45, 2.75) is 51.6 Å². The lowest BCUT2D eigenvalue weighted by atomic mass is 10.1. The van der Waals surface area contributed by atoms with Gasteiger partial charge in [-0.3, -0.25) is 15.0 Å². The van der Waals surface area contributed by atoms with Crippen molar-refractivity contribution in [3.8, 4) is 0 Å². The minimum atomic E-state index is -0.463. The second-order valence-electron chi connectivity index (χ2n) is 5.33. The first-order valence-corrected chi connectivity index (χ1v) is 6.98. The summed E-state index contributed by atoms with van der Waals surface area (Å²) in [7, 11) is 0. The molecule has 6 heteroatoms. The first-order chi connectivity index (χ1) is 9.02. The molecule has 0 spiro atoms. The van der Waals surface area contributed by atoms with E-state index in [2.05, 4.69) is 10.6 Å². The Morgan fingerprint density at radius 2 is 2.05 bits per heavy atom. The van der Waals surface area contributed by atoms with Crippen LogP contribution in [0.2, 0.25) is 0 Å². The smallest absolute Gasteiger partial charge is 0.321 e. The predicted octanol–water partition coefficient (Wildman–Crippen LogP) is 0.458. The first-order valence-electron chi connectivity index (χ1n) is 6.98. The minimum absolute atomic E-state index is 0.00354. The van der Waals surface area contributed by atoms with E-state index in [9.17, 15) is 14.7 Å². The molecule has 0 aromatic heterocycles. The van der Waals surface area contributed by atoms with Crippen LogP contribution >= 0.6 is 0 Å². The second-order valence-corrected chi connectivity index (χ2v) is 5.33. The van der Waals surface area contributed by atoms with Crippen LogP contribution in [0.4, 0.5) is 4.79 Å². The molecule has 1 aliphatic rings. The highest BCUT2D eigenvalue weighted by atomic mass is 16.3. The van der Waals surface area contributed by atoms with Gasteiger partial charge in [-0.2, -0.15) is 0 Å². The van der Waals surface area contributed by atoms with Gasteiger partial charge in [0.15, 0.2) is 0 Å². The van der Waals surface area contributed by atoms with E-state index in [0.717, 1.165) is 32.2 Å². The van der Waals surface area contributed by atoms with Crippen molar-refractivity contribution in [2.75, 3.05) is 19.7 Å². The standard InChI is InChI=1S/C13H25N3O3/c1-10(2)14-13(19)15-12(18)8-16-7-5-3-4-6-11(16)9-17/h10-11,17H,3-9H2,1-2H3,(H2,14,15,18,19). The van der Waals surface area contributed by atoms with Gasteiger partial charge in [0.25, 0.3) is 0 Å². The van der Waals surface area contributed by atoms with E-state index in [4.69, 9.17) is 0 Å². The van der Waals surface area contributed by atoms with Crippen LogP contribution in [0.15, 0.2) is 0 Å². The molecule has 0 aliphatic carbocycles. The second kappa shape index (κ2) is 8.12. The Morgan fingerprint density at radius 1 is 1.32 bits per heavy atom. The summed E-state index contributed by atoms with van der Waals surface area (Å²) in [6, 6.07) is -0.437. The fraction of sp³-hybridized carbons (Fsp3) is 0.846. The SMILES string of the molecule is CC(C)NC(=O)NC(=O)CN1CCCCCC1CO. The van der Waals surface area contributed by atoms with Gasteiger partial charge in [-0.15, -0.1) is 0 Å². The molecule has 1 fully saturated rings. The first kappa shape index (κ1) is 15.9. The Labute approximate surface area is 114 Å². The number of carbonyl (C=O) groups is 2. The molecule has 19 heavy (non-hydrogen) atoms. The van der Waals surface area contributed by atoms with E-state index in [1.54, 1.807) is 0 Å². The van der Waals surface area contributed by atoms with Gasteiger partial charge >= 0.3 is 6.03 Å². The zero-order valence-electron chi connectivity index (χ0n) is 11.8. The van der Waals surface area contributed by atoms with Crippen LogP contribution in [0.25, 0.3) is 0 Å². The summed E-state index contributed by atoms with van der Waals surface area (Å²) in [5.74, 6) is -0.321. The Kier molecular flexibility index (Phi) is 6.80. The van der Waals surface area contributed by atoms with Gasteiger partial charge in [0.1, 0.15) is 0 Å². The number of carbonyl (C=O) groups excluding carboxylic acids is 2. The molecule has 0 aromatic carbocycles. The van der Waals surface area contributed by atoms with E-state index in [0.29, 0.717) is 0 Å². The van der Waals surface area contributed by atoms with Crippen LogP contribution in [0.1, 0.15) is 39.5 Å². The molecule has 3 amide bonds. The molecule has 0 aromatic rings. The van der Waals surface area contributed by atoms with Crippen LogP contribution in [0.5, 0.6) is 0 Å². The van der Waals surface area contributed by atoms with Crippen molar-refractivity contribution in [3.05, 3.63) is 0 Å². The molecule has 1 rings (SSSR count). The number of nitrogens with zero attached hydrogens (tertiary/aromatic N) is 1. The summed E-state index contributed by atoms with van der Waals surface area (Å²) in [5, 5.41) is 14.3. The molecule has 1 aliphatic heterocycles. The molecule has 1 atom stereocenters. The van der Waals surface area contributed by atoms with Crippen LogP contribution in [-0.4, -0.2) is 53.7 Å². The molecule has 3 N–H and O–H groups in total. The fourth-order valence-electron chi connectivity index (χ4n) is 2.30. The Balaban J connectivity index is 2.42. The summed E-state index contributed by atoms with van der Waals surface area (Å²) in [6.07, 6.45) is 4.14. The minimum Gasteiger partial charge on any atom is -0.395 e. The molecular weight excluding hydrogens is 246 g/mol. The van der Waals surface area contributed by atoms with Crippen molar-refractivity contribution in [2.24, 2.45) is 0 Å². The number of aliphatic hydroxyl groups is 1. The van der Waals surface area contributed by atoms with Crippen molar-refractivity contribution < 1.29 is 14.7 Å². The number of likely N-dealkylation sites (tertiary alicyclic amines) is 1. The monoisotopic (exact) mass is 271 g/mol. The maximum atomic E-state index is 11.8. The average molecular weight is 271 g/mol. The molecule has 1 saturated heterocycles. The normalized spacial score (nSPS) is 20.9. The van der Waals surface area contributed by atoms with Crippen molar-refractivity contribution in [3.63, 3.8) is 0 Å². The highest BCUT2D eigenvalue weighted by Crippen LogP contribution is 2.15. The molecule has 0 bridgehead atoms. The number of aliphatic hydroxyl groups excluding tert-OH is 1. The highest BCUT2D eigenvalue weighted by molar-refractivity contribution is 5.95. The van der Waals surface area contributed by atoms with Crippen LogP contribution in [0.3, 0.4) is 0 Å². The molecule has 110 valence electrons. The summed E-state index contributed by atoms with van der Waals surface area (Å²) in [4.78, 5) is 25.2. The topological polar surface area (TPSA) is 81.7 Å². The summed E-state index contributed by atoms with van der Waals surface area (Å²) in [5.41, 5.74) is 0. The van der Waals surface area contributed by atoms with Crippen molar-refractivity contribution >= 4 is 11.9 Å². The highest BCUT2D eigenvalue weighted by Gasteiger charge is 2.22. The zero-order chi connectivity index (χ0) is 14.3. The number of rotatable bonds is 4. The number of urea groups is 1. The maximum Gasteiger partial charge on any atom is 0.321 e. The third kappa shape index (κ3) is 6.02. The molecule has 1 unspecified atom stereocenters. The largest absolute Gasteiger partial charge is 0.395 e. The van der Waals surface area contributed by atoms with Gasteiger partial charge in [0.05, 0.1) is 13.2 Å². The summed E-state index contributed by atoms with van der Waals surface area (Å²) >= 11 is 0. The van der Waals surface area contributed by atoms with E-state index >= 15 is 0 Å². The van der Waals surface area contributed by atoms with Gasteiger partial charge in [-0.1, -0.05) is 12.8 Å². The van der Waals surface area contributed by atoms with Gasteiger partial charge in [0.2, 0.25) is 5.91 Å². The van der Waals surface area contributed by atoms with Gasteiger partial charge < -0.3 is 10.4 Å². The zero-order valence-corrected chi connectivity index (χ0v) is 11.8. The number of imide groups is 1. The fourth-order valence-corrected chi connectivity index (χ4v) is 2.30. The maximum absolute atomic E-state index is 11.8. The quantitative estimate of drug-likeness (QED) is 0.694. The Hall–Kier alpha value is -1.14. The molecule has 6 nitrogen and oxygen atoms in total. The van der Waals surface area contributed by atoms with Gasteiger partial charge in [-0.25, -0.2) is 4.79 Å². The van der Waals surface area contributed by atoms with Crippen LogP contribution in [-0.2, 0) is 4.79 Å². The van der Waals surface area contributed by atoms with E-state index < -0.39 is 6.03 Å². The Bertz CT molecular complexity index is 308. The molecule has 0 radical (unpaired) electrons. The van der Waals surface area contributed by atoms with Crippen molar-refractivity contribution in [1.82, 2.24) is 15.5 Å². The summed E-state index contributed by atoms with van der Waals surface area (Å²) < 4.78 is 0. The number of hydrogen-bond acceptors (Lipinski definition) is 4. The number of hydrogen-bond donors (Lipinski definition) is 3. The Morgan fingerprint density at radius 3 is 2.68 bits per heavy atom. The number of nitrogens with one attached hydrogen (secondary N) is 2. The average Bonchev–Trinajstić information content (AvgIpc) is 2.52. The van der Waals surface area contributed by atoms with Crippen LogP contribution in [0, 0.1) is 0 Å². The molecular formula is C13H25N3O3. The summed E-state index contributed by atoms with van der Waals surface area (Å²) in [6.45, 7) is 4.69. The lowest BCUT2D eigenvalue weighted by Gasteiger charge is -2.27. The van der Waals surface area contributed by atoms with Gasteiger partial charge in [0, 0.05) is 12.1 Å². The number of amides is 3. The van der Waals surface area contributed by atoms with E-state index in [1.807, 2.05) is 18.7 Å². The predicted molar refractivity (Wildman–Crippen MR) is 72.7 cm³/mol. The van der Waals surface area contributed by atoms with Crippen molar-refractivity contribution in [1.29, 1.82) is 0 Å². The molecule has 1 heterocycles. The third-order valence-corrected chi connectivity index (χ3v) is 3.23.